The van der Waals surface area contributed by atoms with Crippen LogP contribution < -0.4 is 5.32 Å². The second kappa shape index (κ2) is 8.93. The Bertz CT molecular complexity index is 176. The molecule has 0 aliphatic carbocycles. The predicted molar refractivity (Wildman–Crippen MR) is 74.4 cm³/mol. The van der Waals surface area contributed by atoms with E-state index >= 15 is 0 Å². The zero-order valence-electron chi connectivity index (χ0n) is 11.9. The molecular weight excluding hydrogens is 210 g/mol. The number of hydrogen-bond acceptors (Lipinski definition) is 2. The molecule has 1 rings (SSSR count). The van der Waals surface area contributed by atoms with Crippen LogP contribution in [-0.4, -0.2) is 26.3 Å². The molecule has 1 saturated heterocycles. The maximum Gasteiger partial charge on any atom is 0.0534 e. The summed E-state index contributed by atoms with van der Waals surface area (Å²) in [6.07, 6.45) is 10.9. The van der Waals surface area contributed by atoms with E-state index in [-0.39, 0.29) is 0 Å². The van der Waals surface area contributed by atoms with Gasteiger partial charge in [-0.05, 0) is 25.8 Å². The van der Waals surface area contributed by atoms with Crippen molar-refractivity contribution < 1.29 is 4.74 Å². The SMILES string of the molecule is CCCCCCCC1(CNCC)CCCOC1. The smallest absolute Gasteiger partial charge is 0.0534 e. The molecule has 1 unspecified atom stereocenters. The van der Waals surface area contributed by atoms with Crippen molar-refractivity contribution in [1.29, 1.82) is 0 Å². The van der Waals surface area contributed by atoms with Crippen molar-refractivity contribution in [1.82, 2.24) is 5.32 Å². The van der Waals surface area contributed by atoms with E-state index in [0.717, 1.165) is 26.3 Å². The summed E-state index contributed by atoms with van der Waals surface area (Å²) in [5, 5.41) is 3.53. The van der Waals surface area contributed by atoms with Crippen LogP contribution in [0.3, 0.4) is 0 Å². The number of unbranched alkanes of at least 4 members (excludes halogenated alkanes) is 4. The Hall–Kier alpha value is -0.0800. The molecule has 1 aliphatic heterocycles. The summed E-state index contributed by atoms with van der Waals surface area (Å²) in [6, 6.07) is 0. The fourth-order valence-corrected chi connectivity index (χ4v) is 2.83. The number of rotatable bonds is 9. The lowest BCUT2D eigenvalue weighted by molar-refractivity contribution is -0.0131. The van der Waals surface area contributed by atoms with E-state index in [1.165, 1.54) is 51.4 Å². The van der Waals surface area contributed by atoms with Crippen LogP contribution in [0, 0.1) is 5.41 Å². The second-order valence-corrected chi connectivity index (χ2v) is 5.60. The van der Waals surface area contributed by atoms with Crippen molar-refractivity contribution in [2.24, 2.45) is 5.41 Å². The van der Waals surface area contributed by atoms with Gasteiger partial charge < -0.3 is 10.1 Å². The molecule has 0 aromatic carbocycles. The normalized spacial score (nSPS) is 25.1. The summed E-state index contributed by atoms with van der Waals surface area (Å²) < 4.78 is 5.72. The number of nitrogens with one attached hydrogen (secondary N) is 1. The maximum absolute atomic E-state index is 5.72. The van der Waals surface area contributed by atoms with Crippen molar-refractivity contribution in [3.63, 3.8) is 0 Å². The highest BCUT2D eigenvalue weighted by molar-refractivity contribution is 4.83. The van der Waals surface area contributed by atoms with Gasteiger partial charge in [-0.15, -0.1) is 0 Å². The summed E-state index contributed by atoms with van der Waals surface area (Å²) in [7, 11) is 0. The molecule has 0 aromatic heterocycles. The van der Waals surface area contributed by atoms with Gasteiger partial charge in [-0.2, -0.15) is 0 Å². The zero-order valence-corrected chi connectivity index (χ0v) is 11.9. The molecule has 102 valence electrons. The van der Waals surface area contributed by atoms with Crippen molar-refractivity contribution in [2.45, 2.75) is 65.2 Å². The number of hydrogen-bond donors (Lipinski definition) is 1. The van der Waals surface area contributed by atoms with Gasteiger partial charge in [-0.1, -0.05) is 46.0 Å². The van der Waals surface area contributed by atoms with E-state index in [4.69, 9.17) is 4.74 Å². The van der Waals surface area contributed by atoms with E-state index in [1.54, 1.807) is 0 Å². The predicted octanol–water partition coefficient (Wildman–Crippen LogP) is 3.75. The average molecular weight is 241 g/mol. The Kier molecular flexibility index (Phi) is 7.87. The molecule has 0 saturated carbocycles. The molecule has 1 aliphatic rings. The Morgan fingerprint density at radius 2 is 1.94 bits per heavy atom. The van der Waals surface area contributed by atoms with Crippen molar-refractivity contribution >= 4 is 0 Å². The lowest BCUT2D eigenvalue weighted by Crippen LogP contribution is -2.41. The first-order chi connectivity index (χ1) is 8.33. The molecule has 0 amide bonds. The van der Waals surface area contributed by atoms with Gasteiger partial charge >= 0.3 is 0 Å². The van der Waals surface area contributed by atoms with Crippen molar-refractivity contribution in [2.75, 3.05) is 26.3 Å². The van der Waals surface area contributed by atoms with Gasteiger partial charge in [0.1, 0.15) is 0 Å². The third kappa shape index (κ3) is 5.87. The minimum Gasteiger partial charge on any atom is -0.381 e. The molecule has 0 radical (unpaired) electrons. The zero-order chi connectivity index (χ0) is 12.4. The minimum atomic E-state index is 0.445. The van der Waals surface area contributed by atoms with Gasteiger partial charge in [0, 0.05) is 18.6 Å². The van der Waals surface area contributed by atoms with Crippen LogP contribution in [0.4, 0.5) is 0 Å². The van der Waals surface area contributed by atoms with Gasteiger partial charge in [-0.25, -0.2) is 0 Å². The van der Waals surface area contributed by atoms with E-state index in [2.05, 4.69) is 19.2 Å². The highest BCUT2D eigenvalue weighted by Crippen LogP contribution is 2.33. The Balaban J connectivity index is 2.24. The van der Waals surface area contributed by atoms with Gasteiger partial charge in [0.2, 0.25) is 0 Å². The van der Waals surface area contributed by atoms with E-state index in [9.17, 15) is 0 Å². The molecule has 0 bridgehead atoms. The topological polar surface area (TPSA) is 21.3 Å². The lowest BCUT2D eigenvalue weighted by Gasteiger charge is -2.37. The molecule has 1 N–H and O–H groups in total. The second-order valence-electron chi connectivity index (χ2n) is 5.60. The fourth-order valence-electron chi connectivity index (χ4n) is 2.83. The quantitative estimate of drug-likeness (QED) is 0.621. The van der Waals surface area contributed by atoms with Crippen LogP contribution >= 0.6 is 0 Å². The monoisotopic (exact) mass is 241 g/mol. The van der Waals surface area contributed by atoms with Gasteiger partial charge in [0.05, 0.1) is 6.61 Å². The third-order valence-electron chi connectivity index (χ3n) is 3.96. The highest BCUT2D eigenvalue weighted by atomic mass is 16.5. The molecule has 0 aromatic rings. The molecule has 17 heavy (non-hydrogen) atoms. The standard InChI is InChI=1S/C15H31NO/c1-3-5-6-7-8-10-15(13-16-4-2)11-9-12-17-14-15/h16H,3-14H2,1-2H3. The van der Waals surface area contributed by atoms with Crippen LogP contribution in [0.1, 0.15) is 65.2 Å². The lowest BCUT2D eigenvalue weighted by atomic mass is 9.78. The van der Waals surface area contributed by atoms with Crippen LogP contribution in [0.15, 0.2) is 0 Å². The van der Waals surface area contributed by atoms with Gasteiger partial charge in [0.15, 0.2) is 0 Å². The largest absolute Gasteiger partial charge is 0.381 e. The summed E-state index contributed by atoms with van der Waals surface area (Å²) in [4.78, 5) is 0. The Labute approximate surface area is 108 Å². The van der Waals surface area contributed by atoms with Gasteiger partial charge in [-0.3, -0.25) is 0 Å². The fraction of sp³-hybridized carbons (Fsp3) is 1.00. The highest BCUT2D eigenvalue weighted by Gasteiger charge is 2.31. The summed E-state index contributed by atoms with van der Waals surface area (Å²) in [5.74, 6) is 0. The summed E-state index contributed by atoms with van der Waals surface area (Å²) >= 11 is 0. The first kappa shape index (κ1) is 15.0. The maximum atomic E-state index is 5.72. The summed E-state index contributed by atoms with van der Waals surface area (Å²) in [6.45, 7) is 8.66. The van der Waals surface area contributed by atoms with E-state index in [0.29, 0.717) is 5.41 Å². The van der Waals surface area contributed by atoms with Crippen LogP contribution in [-0.2, 0) is 4.74 Å². The Morgan fingerprint density at radius 3 is 2.59 bits per heavy atom. The van der Waals surface area contributed by atoms with Gasteiger partial charge in [0.25, 0.3) is 0 Å². The van der Waals surface area contributed by atoms with E-state index < -0.39 is 0 Å². The third-order valence-corrected chi connectivity index (χ3v) is 3.96. The first-order valence-electron chi connectivity index (χ1n) is 7.61. The number of ether oxygens (including phenoxy) is 1. The Morgan fingerprint density at radius 1 is 1.12 bits per heavy atom. The average Bonchev–Trinajstić information content (AvgIpc) is 2.37. The first-order valence-corrected chi connectivity index (χ1v) is 7.61. The summed E-state index contributed by atoms with van der Waals surface area (Å²) in [5.41, 5.74) is 0.445. The molecule has 2 nitrogen and oxygen atoms in total. The molecule has 0 spiro atoms. The molecule has 1 heterocycles. The van der Waals surface area contributed by atoms with Crippen molar-refractivity contribution in [3.05, 3.63) is 0 Å². The van der Waals surface area contributed by atoms with Crippen molar-refractivity contribution in [3.8, 4) is 0 Å². The van der Waals surface area contributed by atoms with Crippen LogP contribution in [0.5, 0.6) is 0 Å². The van der Waals surface area contributed by atoms with E-state index in [1.807, 2.05) is 0 Å². The van der Waals surface area contributed by atoms with Crippen LogP contribution in [0.25, 0.3) is 0 Å². The van der Waals surface area contributed by atoms with Crippen LogP contribution in [0.2, 0.25) is 0 Å². The molecular formula is C15H31NO. The minimum absolute atomic E-state index is 0.445. The molecule has 1 atom stereocenters. The molecule has 1 fully saturated rings. The molecule has 2 heteroatoms.